The average molecular weight is 472 g/mol. The van der Waals surface area contributed by atoms with Gasteiger partial charge in [-0.05, 0) is 51.6 Å². The van der Waals surface area contributed by atoms with Crippen LogP contribution in [0.15, 0.2) is 0 Å². The Labute approximate surface area is 203 Å². The molecule has 6 heteroatoms. The van der Waals surface area contributed by atoms with Gasteiger partial charge < -0.3 is 19.5 Å². The van der Waals surface area contributed by atoms with Crippen molar-refractivity contribution in [2.45, 2.75) is 130 Å². The molecule has 0 aliphatic heterocycles. The van der Waals surface area contributed by atoms with Crippen molar-refractivity contribution >= 4 is 11.9 Å². The molecule has 0 spiro atoms. The number of carbonyl (C=O) groups excluding carboxylic acids is 2. The molecule has 1 unspecified atom stereocenters. The average Bonchev–Trinajstić information content (AvgIpc) is 2.80. The van der Waals surface area contributed by atoms with Gasteiger partial charge in [-0.2, -0.15) is 0 Å². The topological polar surface area (TPSA) is 76.1 Å². The lowest BCUT2D eigenvalue weighted by Crippen LogP contribution is -2.29. The van der Waals surface area contributed by atoms with Crippen LogP contribution < -0.4 is 0 Å². The van der Waals surface area contributed by atoms with E-state index in [2.05, 4.69) is 25.7 Å². The summed E-state index contributed by atoms with van der Waals surface area (Å²) in [7, 11) is 0. The molecule has 0 aromatic heterocycles. The second kappa shape index (κ2) is 24.0. The molecule has 0 fully saturated rings. The van der Waals surface area contributed by atoms with Crippen molar-refractivity contribution in [3.8, 4) is 0 Å². The predicted octanol–water partition coefficient (Wildman–Crippen LogP) is 6.04. The van der Waals surface area contributed by atoms with E-state index in [4.69, 9.17) is 9.47 Å². The van der Waals surface area contributed by atoms with E-state index in [1.165, 1.54) is 19.3 Å². The number of aliphatic hydroxyl groups excluding tert-OH is 1. The van der Waals surface area contributed by atoms with Crippen LogP contribution in [0.3, 0.4) is 0 Å². The van der Waals surface area contributed by atoms with Gasteiger partial charge in [0.25, 0.3) is 0 Å². The number of carbonyl (C=O) groups is 2. The van der Waals surface area contributed by atoms with E-state index in [9.17, 15) is 14.7 Å². The van der Waals surface area contributed by atoms with Gasteiger partial charge in [-0.1, -0.05) is 72.1 Å². The SMILES string of the molecule is CCCCCCCOC(=O)CCCN(CCO)CCCCCCCC(=O)OC(CC)CCC. The Balaban J connectivity index is 3.75. The number of rotatable bonds is 24. The molecule has 0 radical (unpaired) electrons. The zero-order valence-electron chi connectivity index (χ0n) is 22.0. The van der Waals surface area contributed by atoms with Crippen molar-refractivity contribution < 1.29 is 24.2 Å². The van der Waals surface area contributed by atoms with Crippen molar-refractivity contribution in [2.75, 3.05) is 32.8 Å². The highest BCUT2D eigenvalue weighted by Gasteiger charge is 2.11. The Kier molecular flexibility index (Phi) is 23.2. The van der Waals surface area contributed by atoms with Crippen molar-refractivity contribution in [1.29, 1.82) is 0 Å². The highest BCUT2D eigenvalue weighted by molar-refractivity contribution is 5.69. The van der Waals surface area contributed by atoms with Gasteiger partial charge in [0.2, 0.25) is 0 Å². The third-order valence-corrected chi connectivity index (χ3v) is 6.00. The molecule has 6 nitrogen and oxygen atoms in total. The minimum absolute atomic E-state index is 0.0561. The van der Waals surface area contributed by atoms with Crippen molar-refractivity contribution in [2.24, 2.45) is 0 Å². The molecule has 0 saturated carbocycles. The molecule has 196 valence electrons. The van der Waals surface area contributed by atoms with Crippen molar-refractivity contribution in [3.63, 3.8) is 0 Å². The summed E-state index contributed by atoms with van der Waals surface area (Å²) >= 11 is 0. The molecular weight excluding hydrogens is 418 g/mol. The van der Waals surface area contributed by atoms with Gasteiger partial charge in [0.05, 0.1) is 13.2 Å². The summed E-state index contributed by atoms with van der Waals surface area (Å²) in [5.74, 6) is -0.160. The predicted molar refractivity (Wildman–Crippen MR) is 135 cm³/mol. The molecule has 0 aliphatic carbocycles. The number of hydrogen-bond donors (Lipinski definition) is 1. The standard InChI is InChI=1S/C27H53NO5/c1-4-7-8-12-15-24-32-26(30)19-16-21-28(22-23-29)20-14-11-9-10-13-18-27(31)33-25(6-3)17-5-2/h25,29H,4-24H2,1-3H3. The number of esters is 2. The van der Waals surface area contributed by atoms with Gasteiger partial charge >= 0.3 is 11.9 Å². The highest BCUT2D eigenvalue weighted by Crippen LogP contribution is 2.11. The van der Waals surface area contributed by atoms with Crippen LogP contribution in [0.1, 0.15) is 124 Å². The highest BCUT2D eigenvalue weighted by atomic mass is 16.5. The molecule has 1 atom stereocenters. The number of hydrogen-bond acceptors (Lipinski definition) is 6. The molecule has 0 aromatic rings. The summed E-state index contributed by atoms with van der Waals surface area (Å²) < 4.78 is 10.8. The Morgan fingerprint density at radius 3 is 2.06 bits per heavy atom. The zero-order valence-corrected chi connectivity index (χ0v) is 22.0. The molecule has 0 bridgehead atoms. The molecule has 0 rings (SSSR count). The number of aliphatic hydroxyl groups is 1. The summed E-state index contributed by atoms with van der Waals surface area (Å²) in [4.78, 5) is 26.0. The second-order valence-corrected chi connectivity index (χ2v) is 9.13. The Morgan fingerprint density at radius 2 is 1.36 bits per heavy atom. The lowest BCUT2D eigenvalue weighted by Gasteiger charge is -2.21. The first-order chi connectivity index (χ1) is 16.1. The van der Waals surface area contributed by atoms with Gasteiger partial charge in [-0.3, -0.25) is 9.59 Å². The smallest absolute Gasteiger partial charge is 0.306 e. The second-order valence-electron chi connectivity index (χ2n) is 9.13. The molecule has 0 aliphatic rings. The van der Waals surface area contributed by atoms with Crippen molar-refractivity contribution in [1.82, 2.24) is 4.90 Å². The van der Waals surface area contributed by atoms with Crippen LogP contribution >= 0.6 is 0 Å². The maximum absolute atomic E-state index is 11.9. The van der Waals surface area contributed by atoms with E-state index < -0.39 is 0 Å². The third-order valence-electron chi connectivity index (χ3n) is 6.00. The minimum Gasteiger partial charge on any atom is -0.466 e. The summed E-state index contributed by atoms with van der Waals surface area (Å²) in [6.07, 6.45) is 15.7. The van der Waals surface area contributed by atoms with Gasteiger partial charge in [0.1, 0.15) is 6.10 Å². The lowest BCUT2D eigenvalue weighted by molar-refractivity contribution is -0.149. The molecule has 0 aromatic carbocycles. The van der Waals surface area contributed by atoms with Crippen LogP contribution in [0.25, 0.3) is 0 Å². The monoisotopic (exact) mass is 471 g/mol. The fraction of sp³-hybridized carbons (Fsp3) is 0.926. The Morgan fingerprint density at radius 1 is 0.727 bits per heavy atom. The fourth-order valence-electron chi connectivity index (χ4n) is 3.94. The Bertz CT molecular complexity index is 458. The molecular formula is C27H53NO5. The number of ether oxygens (including phenoxy) is 2. The Hall–Kier alpha value is -1.14. The van der Waals surface area contributed by atoms with Gasteiger partial charge in [-0.15, -0.1) is 0 Å². The molecule has 0 amide bonds. The maximum atomic E-state index is 11.9. The van der Waals surface area contributed by atoms with E-state index in [0.717, 1.165) is 83.7 Å². The first kappa shape index (κ1) is 31.9. The van der Waals surface area contributed by atoms with E-state index in [1.807, 2.05) is 0 Å². The quantitative estimate of drug-likeness (QED) is 0.137. The summed E-state index contributed by atoms with van der Waals surface area (Å²) in [6.45, 7) is 9.45. The maximum Gasteiger partial charge on any atom is 0.306 e. The van der Waals surface area contributed by atoms with Crippen LogP contribution in [-0.2, 0) is 19.1 Å². The van der Waals surface area contributed by atoms with E-state index in [-0.39, 0.29) is 24.6 Å². The number of unbranched alkanes of at least 4 members (excludes halogenated alkanes) is 8. The third kappa shape index (κ3) is 21.2. The largest absolute Gasteiger partial charge is 0.466 e. The first-order valence-corrected chi connectivity index (χ1v) is 13.8. The van der Waals surface area contributed by atoms with E-state index in [1.54, 1.807) is 0 Å². The van der Waals surface area contributed by atoms with Crippen LogP contribution in [-0.4, -0.2) is 60.9 Å². The fourth-order valence-corrected chi connectivity index (χ4v) is 3.94. The summed E-state index contributed by atoms with van der Waals surface area (Å²) in [5.41, 5.74) is 0. The van der Waals surface area contributed by atoms with Crippen LogP contribution in [0.4, 0.5) is 0 Å². The molecule has 33 heavy (non-hydrogen) atoms. The number of nitrogens with zero attached hydrogens (tertiary/aromatic N) is 1. The van der Waals surface area contributed by atoms with Gasteiger partial charge in [-0.25, -0.2) is 0 Å². The molecule has 0 heterocycles. The van der Waals surface area contributed by atoms with E-state index in [0.29, 0.717) is 26.0 Å². The normalized spacial score (nSPS) is 12.2. The zero-order chi connectivity index (χ0) is 24.6. The molecule has 1 N–H and O–H groups in total. The van der Waals surface area contributed by atoms with E-state index >= 15 is 0 Å². The minimum atomic E-state index is -0.104. The molecule has 0 saturated heterocycles. The van der Waals surface area contributed by atoms with Crippen LogP contribution in [0.5, 0.6) is 0 Å². The lowest BCUT2D eigenvalue weighted by atomic mass is 10.1. The first-order valence-electron chi connectivity index (χ1n) is 13.8. The van der Waals surface area contributed by atoms with Gasteiger partial charge in [0, 0.05) is 19.4 Å². The van der Waals surface area contributed by atoms with Crippen LogP contribution in [0, 0.1) is 0 Å². The summed E-state index contributed by atoms with van der Waals surface area (Å²) in [6, 6.07) is 0. The van der Waals surface area contributed by atoms with Crippen LogP contribution in [0.2, 0.25) is 0 Å². The van der Waals surface area contributed by atoms with Gasteiger partial charge in [0.15, 0.2) is 0 Å². The summed E-state index contributed by atoms with van der Waals surface area (Å²) in [5, 5.41) is 9.31. The van der Waals surface area contributed by atoms with Crippen molar-refractivity contribution in [3.05, 3.63) is 0 Å².